The van der Waals surface area contributed by atoms with Crippen LogP contribution in [0.15, 0.2) is 41.3 Å². The summed E-state index contributed by atoms with van der Waals surface area (Å²) in [6, 6.07) is 10.2. The molecule has 2 heterocycles. The SMILES string of the molecule is O=S(=O)(Nc1ccc2c(c1)NCC2)c1ccc2c(c1)OCCO2. The van der Waals surface area contributed by atoms with E-state index in [1.54, 1.807) is 12.1 Å². The lowest BCUT2D eigenvalue weighted by Gasteiger charge is -2.19. The van der Waals surface area contributed by atoms with E-state index in [0.29, 0.717) is 30.4 Å². The van der Waals surface area contributed by atoms with Gasteiger partial charge in [0.15, 0.2) is 11.5 Å². The molecule has 7 heteroatoms. The van der Waals surface area contributed by atoms with Gasteiger partial charge in [0.25, 0.3) is 10.0 Å². The van der Waals surface area contributed by atoms with Crippen LogP contribution < -0.4 is 19.5 Å². The van der Waals surface area contributed by atoms with Crippen molar-refractivity contribution in [3.05, 3.63) is 42.0 Å². The molecule has 2 N–H and O–H groups in total. The molecule has 0 spiro atoms. The Morgan fingerprint density at radius 3 is 2.70 bits per heavy atom. The Bertz CT molecular complexity index is 864. The maximum Gasteiger partial charge on any atom is 0.262 e. The van der Waals surface area contributed by atoms with Gasteiger partial charge in [0.1, 0.15) is 13.2 Å². The Hall–Kier alpha value is -2.41. The molecule has 0 aliphatic carbocycles. The summed E-state index contributed by atoms with van der Waals surface area (Å²) >= 11 is 0. The number of ether oxygens (including phenoxy) is 2. The lowest BCUT2D eigenvalue weighted by molar-refractivity contribution is 0.171. The highest BCUT2D eigenvalue weighted by molar-refractivity contribution is 7.92. The summed E-state index contributed by atoms with van der Waals surface area (Å²) in [4.78, 5) is 0.148. The summed E-state index contributed by atoms with van der Waals surface area (Å²) in [6.07, 6.45) is 0.963. The molecule has 0 saturated heterocycles. The van der Waals surface area contributed by atoms with E-state index in [1.165, 1.54) is 17.7 Å². The predicted octanol–water partition coefficient (Wildman–Crippen LogP) is 2.23. The molecule has 0 atom stereocenters. The fraction of sp³-hybridized carbons (Fsp3) is 0.250. The van der Waals surface area contributed by atoms with E-state index >= 15 is 0 Å². The van der Waals surface area contributed by atoms with Crippen molar-refractivity contribution in [1.29, 1.82) is 0 Å². The molecule has 0 radical (unpaired) electrons. The number of sulfonamides is 1. The molecular formula is C16H16N2O4S. The average molecular weight is 332 g/mol. The zero-order valence-corrected chi connectivity index (χ0v) is 13.2. The van der Waals surface area contributed by atoms with E-state index in [0.717, 1.165) is 18.7 Å². The van der Waals surface area contributed by atoms with Crippen LogP contribution in [0.5, 0.6) is 11.5 Å². The molecule has 2 aliphatic heterocycles. The number of rotatable bonds is 3. The lowest BCUT2D eigenvalue weighted by Crippen LogP contribution is -2.17. The molecule has 0 amide bonds. The van der Waals surface area contributed by atoms with Gasteiger partial charge in [0.2, 0.25) is 0 Å². The van der Waals surface area contributed by atoms with Gasteiger partial charge in [-0.3, -0.25) is 4.72 Å². The van der Waals surface area contributed by atoms with Crippen LogP contribution in [-0.4, -0.2) is 28.2 Å². The molecule has 23 heavy (non-hydrogen) atoms. The predicted molar refractivity (Wildman–Crippen MR) is 86.9 cm³/mol. The van der Waals surface area contributed by atoms with Crippen LogP contribution in [0.4, 0.5) is 11.4 Å². The second-order valence-electron chi connectivity index (χ2n) is 5.46. The highest BCUT2D eigenvalue weighted by atomic mass is 32.2. The molecule has 0 unspecified atom stereocenters. The van der Waals surface area contributed by atoms with Crippen molar-refractivity contribution in [2.75, 3.05) is 29.8 Å². The molecule has 6 nitrogen and oxygen atoms in total. The fourth-order valence-corrected chi connectivity index (χ4v) is 3.82. The molecule has 120 valence electrons. The number of nitrogens with one attached hydrogen (secondary N) is 2. The van der Waals surface area contributed by atoms with Crippen molar-refractivity contribution < 1.29 is 17.9 Å². The highest BCUT2D eigenvalue weighted by Gasteiger charge is 2.20. The van der Waals surface area contributed by atoms with Crippen molar-refractivity contribution >= 4 is 21.4 Å². The topological polar surface area (TPSA) is 76.7 Å². The monoisotopic (exact) mass is 332 g/mol. The lowest BCUT2D eigenvalue weighted by atomic mass is 10.1. The molecule has 4 rings (SSSR count). The Kier molecular flexibility index (Phi) is 3.30. The van der Waals surface area contributed by atoms with Gasteiger partial charge in [-0.05, 0) is 36.2 Å². The van der Waals surface area contributed by atoms with Crippen molar-refractivity contribution in [3.63, 3.8) is 0 Å². The van der Waals surface area contributed by atoms with E-state index in [-0.39, 0.29) is 4.90 Å². The molecular weight excluding hydrogens is 316 g/mol. The largest absolute Gasteiger partial charge is 0.486 e. The van der Waals surface area contributed by atoms with Gasteiger partial charge in [-0.2, -0.15) is 0 Å². The van der Waals surface area contributed by atoms with Crippen LogP contribution in [0.25, 0.3) is 0 Å². The van der Waals surface area contributed by atoms with Crippen molar-refractivity contribution in [2.24, 2.45) is 0 Å². The number of anilines is 2. The zero-order chi connectivity index (χ0) is 15.9. The molecule has 2 aromatic rings. The number of hydrogen-bond acceptors (Lipinski definition) is 5. The van der Waals surface area contributed by atoms with Crippen LogP contribution in [0, 0.1) is 0 Å². The molecule has 0 aromatic heterocycles. The summed E-state index contributed by atoms with van der Waals surface area (Å²) in [5.41, 5.74) is 2.72. The first-order valence-electron chi connectivity index (χ1n) is 7.41. The second-order valence-corrected chi connectivity index (χ2v) is 7.14. The zero-order valence-electron chi connectivity index (χ0n) is 12.3. The summed E-state index contributed by atoms with van der Waals surface area (Å²) < 4.78 is 38.6. The summed E-state index contributed by atoms with van der Waals surface area (Å²) in [7, 11) is -3.68. The van der Waals surface area contributed by atoms with Crippen molar-refractivity contribution in [2.45, 2.75) is 11.3 Å². The van der Waals surface area contributed by atoms with Crippen LogP contribution in [-0.2, 0) is 16.4 Å². The third kappa shape index (κ3) is 2.68. The summed E-state index contributed by atoms with van der Waals surface area (Å²) in [5.74, 6) is 1.02. The summed E-state index contributed by atoms with van der Waals surface area (Å²) in [5, 5.41) is 3.24. The van der Waals surface area contributed by atoms with Gasteiger partial charge >= 0.3 is 0 Å². The van der Waals surface area contributed by atoms with Gasteiger partial charge in [0, 0.05) is 18.3 Å². The fourth-order valence-electron chi connectivity index (χ4n) is 2.76. The average Bonchev–Trinajstić information content (AvgIpc) is 3.01. The minimum absolute atomic E-state index is 0.148. The Morgan fingerprint density at radius 1 is 1.00 bits per heavy atom. The van der Waals surface area contributed by atoms with Crippen LogP contribution in [0.1, 0.15) is 5.56 Å². The number of hydrogen-bond donors (Lipinski definition) is 2. The molecule has 2 aliphatic rings. The van der Waals surface area contributed by atoms with Gasteiger partial charge < -0.3 is 14.8 Å². The first kappa shape index (κ1) is 14.2. The van der Waals surface area contributed by atoms with E-state index in [1.807, 2.05) is 12.1 Å². The Labute approximate surface area is 134 Å². The number of benzene rings is 2. The third-order valence-electron chi connectivity index (χ3n) is 3.90. The Balaban J connectivity index is 1.63. The smallest absolute Gasteiger partial charge is 0.262 e. The second kappa shape index (κ2) is 5.34. The molecule has 2 aromatic carbocycles. The first-order valence-corrected chi connectivity index (χ1v) is 8.89. The highest BCUT2D eigenvalue weighted by Crippen LogP contribution is 2.33. The standard InChI is InChI=1S/C16H16N2O4S/c19-23(20,13-3-4-15-16(10-13)22-8-7-21-15)18-12-2-1-11-5-6-17-14(11)9-12/h1-4,9-10,17-18H,5-8H2. The van der Waals surface area contributed by atoms with E-state index < -0.39 is 10.0 Å². The van der Waals surface area contributed by atoms with E-state index in [2.05, 4.69) is 10.0 Å². The maximum absolute atomic E-state index is 12.6. The quantitative estimate of drug-likeness (QED) is 0.901. The van der Waals surface area contributed by atoms with E-state index in [4.69, 9.17) is 9.47 Å². The summed E-state index contributed by atoms with van der Waals surface area (Å²) in [6.45, 7) is 1.77. The molecule has 0 fully saturated rings. The minimum Gasteiger partial charge on any atom is -0.486 e. The van der Waals surface area contributed by atoms with Crippen LogP contribution >= 0.6 is 0 Å². The number of fused-ring (bicyclic) bond motifs is 2. The Morgan fingerprint density at radius 2 is 1.83 bits per heavy atom. The van der Waals surface area contributed by atoms with Crippen molar-refractivity contribution in [1.82, 2.24) is 0 Å². The van der Waals surface area contributed by atoms with Crippen LogP contribution in [0.3, 0.4) is 0 Å². The molecule has 0 bridgehead atoms. The van der Waals surface area contributed by atoms with Gasteiger partial charge in [-0.25, -0.2) is 8.42 Å². The van der Waals surface area contributed by atoms with Gasteiger partial charge in [-0.1, -0.05) is 6.07 Å². The first-order chi connectivity index (χ1) is 11.1. The minimum atomic E-state index is -3.68. The third-order valence-corrected chi connectivity index (χ3v) is 5.27. The van der Waals surface area contributed by atoms with Crippen LogP contribution in [0.2, 0.25) is 0 Å². The van der Waals surface area contributed by atoms with Gasteiger partial charge in [0.05, 0.1) is 10.6 Å². The van der Waals surface area contributed by atoms with Crippen molar-refractivity contribution in [3.8, 4) is 11.5 Å². The molecule has 0 saturated carbocycles. The normalized spacial score (nSPS) is 15.7. The maximum atomic E-state index is 12.6. The van der Waals surface area contributed by atoms with E-state index in [9.17, 15) is 8.42 Å². The van der Waals surface area contributed by atoms with Gasteiger partial charge in [-0.15, -0.1) is 0 Å².